The van der Waals surface area contributed by atoms with Crippen molar-refractivity contribution < 1.29 is 0 Å². The molecule has 1 aromatic heterocycles. The minimum atomic E-state index is 0.389. The number of anilines is 1. The summed E-state index contributed by atoms with van der Waals surface area (Å²) in [6.45, 7) is 18.6. The van der Waals surface area contributed by atoms with Crippen molar-refractivity contribution in [2.24, 2.45) is 5.41 Å². The van der Waals surface area contributed by atoms with Gasteiger partial charge < -0.3 is 10.2 Å². The molecule has 3 heterocycles. The Morgan fingerprint density at radius 3 is 2.37 bits per heavy atom. The molecule has 2 aromatic rings. The van der Waals surface area contributed by atoms with E-state index in [9.17, 15) is 0 Å². The van der Waals surface area contributed by atoms with Crippen molar-refractivity contribution in [1.29, 1.82) is 0 Å². The fourth-order valence-electron chi connectivity index (χ4n) is 5.09. The number of nitrogens with zero attached hydrogens (tertiary/aromatic N) is 4. The van der Waals surface area contributed by atoms with Crippen LogP contribution in [0.25, 0.3) is 11.4 Å². The third-order valence-corrected chi connectivity index (χ3v) is 6.67. The summed E-state index contributed by atoms with van der Waals surface area (Å²) < 4.78 is 0. The first-order valence-corrected chi connectivity index (χ1v) is 11.5. The second kappa shape index (κ2) is 8.64. The van der Waals surface area contributed by atoms with Crippen LogP contribution in [0.3, 0.4) is 0 Å². The van der Waals surface area contributed by atoms with Gasteiger partial charge in [-0.05, 0) is 56.7 Å². The van der Waals surface area contributed by atoms with Crippen LogP contribution in [-0.2, 0) is 6.54 Å². The SMILES string of the molecule is Cc1cccc(C)c1-c1nc(C)c(CN2CCCC(C)(C)C2)c(N2CCNCC2)n1. The van der Waals surface area contributed by atoms with Crippen LogP contribution in [0.1, 0.15) is 49.1 Å². The van der Waals surface area contributed by atoms with E-state index in [1.807, 2.05) is 0 Å². The minimum absolute atomic E-state index is 0.389. The van der Waals surface area contributed by atoms with Crippen molar-refractivity contribution in [3.05, 3.63) is 40.6 Å². The van der Waals surface area contributed by atoms with E-state index in [2.05, 4.69) is 67.9 Å². The monoisotopic (exact) mass is 407 g/mol. The molecule has 1 aromatic carbocycles. The number of aryl methyl sites for hydroxylation is 3. The van der Waals surface area contributed by atoms with Gasteiger partial charge in [-0.25, -0.2) is 9.97 Å². The molecule has 5 heteroatoms. The molecular weight excluding hydrogens is 370 g/mol. The molecular formula is C25H37N5. The van der Waals surface area contributed by atoms with Crippen molar-refractivity contribution in [1.82, 2.24) is 20.2 Å². The number of nitrogens with one attached hydrogen (secondary N) is 1. The Hall–Kier alpha value is -1.98. The predicted octanol–water partition coefficient (Wildman–Crippen LogP) is 4.10. The summed E-state index contributed by atoms with van der Waals surface area (Å²) in [4.78, 5) is 15.3. The van der Waals surface area contributed by atoms with Crippen molar-refractivity contribution in [3.8, 4) is 11.4 Å². The van der Waals surface area contributed by atoms with Gasteiger partial charge in [0.15, 0.2) is 5.82 Å². The number of piperazine rings is 1. The second-order valence-corrected chi connectivity index (χ2v) is 9.92. The molecule has 30 heavy (non-hydrogen) atoms. The summed E-state index contributed by atoms with van der Waals surface area (Å²) in [7, 11) is 0. The molecule has 5 nitrogen and oxygen atoms in total. The molecule has 0 spiro atoms. The van der Waals surface area contributed by atoms with Crippen molar-refractivity contribution in [3.63, 3.8) is 0 Å². The highest BCUT2D eigenvalue weighted by atomic mass is 15.2. The van der Waals surface area contributed by atoms with Crippen LogP contribution in [0.2, 0.25) is 0 Å². The van der Waals surface area contributed by atoms with Crippen LogP contribution in [0.15, 0.2) is 18.2 Å². The Kier molecular flexibility index (Phi) is 6.12. The highest BCUT2D eigenvalue weighted by molar-refractivity contribution is 5.67. The van der Waals surface area contributed by atoms with Gasteiger partial charge in [-0.1, -0.05) is 32.0 Å². The highest BCUT2D eigenvalue weighted by Crippen LogP contribution is 2.33. The smallest absolute Gasteiger partial charge is 0.162 e. The molecule has 2 aliphatic rings. The van der Waals surface area contributed by atoms with Gasteiger partial charge in [-0.15, -0.1) is 0 Å². The van der Waals surface area contributed by atoms with E-state index in [1.54, 1.807) is 0 Å². The summed E-state index contributed by atoms with van der Waals surface area (Å²) in [6.07, 6.45) is 2.59. The lowest BCUT2D eigenvalue weighted by molar-refractivity contribution is 0.111. The normalized spacial score (nSPS) is 19.8. The van der Waals surface area contributed by atoms with Gasteiger partial charge in [0.05, 0.1) is 0 Å². The van der Waals surface area contributed by atoms with Crippen molar-refractivity contribution >= 4 is 5.82 Å². The molecule has 0 aliphatic carbocycles. The average Bonchev–Trinajstić information content (AvgIpc) is 2.69. The largest absolute Gasteiger partial charge is 0.354 e. The zero-order valence-corrected chi connectivity index (χ0v) is 19.4. The Bertz CT molecular complexity index is 878. The lowest BCUT2D eigenvalue weighted by Crippen LogP contribution is -2.45. The van der Waals surface area contributed by atoms with Gasteiger partial charge in [0.2, 0.25) is 0 Å². The first kappa shape index (κ1) is 21.3. The van der Waals surface area contributed by atoms with E-state index in [-0.39, 0.29) is 0 Å². The minimum Gasteiger partial charge on any atom is -0.354 e. The number of piperidine rings is 1. The van der Waals surface area contributed by atoms with Crippen LogP contribution < -0.4 is 10.2 Å². The van der Waals surface area contributed by atoms with Crippen LogP contribution in [0, 0.1) is 26.2 Å². The molecule has 0 unspecified atom stereocenters. The van der Waals surface area contributed by atoms with Gasteiger partial charge in [0, 0.05) is 56.1 Å². The van der Waals surface area contributed by atoms with Crippen molar-refractivity contribution in [2.45, 2.75) is 54.0 Å². The predicted molar refractivity (Wildman–Crippen MR) is 125 cm³/mol. The summed E-state index contributed by atoms with van der Waals surface area (Å²) >= 11 is 0. The average molecular weight is 408 g/mol. The van der Waals surface area contributed by atoms with Crippen molar-refractivity contribution in [2.75, 3.05) is 44.2 Å². The Morgan fingerprint density at radius 2 is 1.70 bits per heavy atom. The standard InChI is InChI=1S/C25H37N5/c1-18-8-6-9-19(2)22(18)23-27-20(3)21(16-29-13-7-10-25(4,5)17-29)24(28-23)30-14-11-26-12-15-30/h6,8-9,26H,7,10-17H2,1-5H3. The molecule has 1 N–H and O–H groups in total. The molecule has 4 rings (SSSR count). The zero-order chi connectivity index (χ0) is 21.3. The molecule has 0 atom stereocenters. The molecule has 0 bridgehead atoms. The molecule has 0 saturated carbocycles. The maximum Gasteiger partial charge on any atom is 0.162 e. The van der Waals surface area contributed by atoms with Crippen LogP contribution in [-0.4, -0.2) is 54.1 Å². The van der Waals surface area contributed by atoms with E-state index in [0.717, 1.165) is 56.6 Å². The van der Waals surface area contributed by atoms with Crippen LogP contribution >= 0.6 is 0 Å². The van der Waals surface area contributed by atoms with Gasteiger partial charge >= 0.3 is 0 Å². The number of hydrogen-bond donors (Lipinski definition) is 1. The molecule has 2 saturated heterocycles. The van der Waals surface area contributed by atoms with E-state index in [1.165, 1.54) is 41.6 Å². The van der Waals surface area contributed by atoms with E-state index >= 15 is 0 Å². The van der Waals surface area contributed by atoms with Gasteiger partial charge in [0.1, 0.15) is 5.82 Å². The molecule has 0 amide bonds. The first-order chi connectivity index (χ1) is 14.3. The maximum atomic E-state index is 5.21. The fourth-order valence-corrected chi connectivity index (χ4v) is 5.09. The maximum absolute atomic E-state index is 5.21. The van der Waals surface area contributed by atoms with Gasteiger partial charge in [-0.2, -0.15) is 0 Å². The second-order valence-electron chi connectivity index (χ2n) is 9.92. The quantitative estimate of drug-likeness (QED) is 0.827. The fraction of sp³-hybridized carbons (Fsp3) is 0.600. The Balaban J connectivity index is 1.75. The van der Waals surface area contributed by atoms with E-state index in [4.69, 9.17) is 9.97 Å². The first-order valence-electron chi connectivity index (χ1n) is 11.5. The number of hydrogen-bond acceptors (Lipinski definition) is 5. The number of likely N-dealkylation sites (tertiary alicyclic amines) is 1. The lowest BCUT2D eigenvalue weighted by atomic mass is 9.84. The Labute approximate surface area is 181 Å². The highest BCUT2D eigenvalue weighted by Gasteiger charge is 2.29. The molecule has 0 radical (unpaired) electrons. The van der Waals surface area contributed by atoms with Crippen LogP contribution in [0.4, 0.5) is 5.82 Å². The molecule has 2 aliphatic heterocycles. The number of rotatable bonds is 4. The molecule has 162 valence electrons. The van der Waals surface area contributed by atoms with Gasteiger partial charge in [-0.3, -0.25) is 4.90 Å². The topological polar surface area (TPSA) is 44.3 Å². The Morgan fingerprint density at radius 1 is 1.00 bits per heavy atom. The third kappa shape index (κ3) is 4.52. The summed E-state index contributed by atoms with van der Waals surface area (Å²) in [5.41, 5.74) is 6.49. The number of aromatic nitrogens is 2. The third-order valence-electron chi connectivity index (χ3n) is 6.67. The van der Waals surface area contributed by atoms with E-state index in [0.29, 0.717) is 5.41 Å². The molecule has 2 fully saturated rings. The zero-order valence-electron chi connectivity index (χ0n) is 19.4. The summed E-state index contributed by atoms with van der Waals surface area (Å²) in [5.74, 6) is 2.02. The van der Waals surface area contributed by atoms with E-state index < -0.39 is 0 Å². The summed E-state index contributed by atoms with van der Waals surface area (Å²) in [6, 6.07) is 6.44. The summed E-state index contributed by atoms with van der Waals surface area (Å²) in [5, 5.41) is 3.48. The van der Waals surface area contributed by atoms with Gasteiger partial charge in [0.25, 0.3) is 0 Å². The van der Waals surface area contributed by atoms with Crippen LogP contribution in [0.5, 0.6) is 0 Å². The number of benzene rings is 1. The lowest BCUT2D eigenvalue weighted by Gasteiger charge is -2.39.